The smallest absolute Gasteiger partial charge is 0.239 e. The number of nitrogens with zero attached hydrogens (tertiary/aromatic N) is 3. The SMILES string of the molecule is CC(C#N)C(=O)N1CCN(C(C)(C)C)CC1. The van der Waals surface area contributed by atoms with Crippen molar-refractivity contribution in [1.82, 2.24) is 9.80 Å². The molecule has 1 aliphatic rings. The summed E-state index contributed by atoms with van der Waals surface area (Å²) in [4.78, 5) is 15.9. The third-order valence-electron chi connectivity index (χ3n) is 3.10. The number of piperazine rings is 1. The van der Waals surface area contributed by atoms with Gasteiger partial charge >= 0.3 is 0 Å². The van der Waals surface area contributed by atoms with Crippen LogP contribution < -0.4 is 0 Å². The molecule has 1 rings (SSSR count). The molecule has 0 N–H and O–H groups in total. The van der Waals surface area contributed by atoms with Gasteiger partial charge in [0.15, 0.2) is 0 Å². The van der Waals surface area contributed by atoms with Gasteiger partial charge in [-0.3, -0.25) is 9.69 Å². The molecule has 1 aliphatic heterocycles. The topological polar surface area (TPSA) is 47.3 Å². The zero-order valence-electron chi connectivity index (χ0n) is 10.7. The number of hydrogen-bond donors (Lipinski definition) is 0. The summed E-state index contributed by atoms with van der Waals surface area (Å²) >= 11 is 0. The molecule has 0 aromatic heterocycles. The maximum Gasteiger partial charge on any atom is 0.239 e. The molecule has 4 nitrogen and oxygen atoms in total. The minimum atomic E-state index is -0.513. The Labute approximate surface area is 97.8 Å². The monoisotopic (exact) mass is 223 g/mol. The molecule has 1 heterocycles. The fourth-order valence-corrected chi connectivity index (χ4v) is 1.93. The Balaban J connectivity index is 2.50. The Kier molecular flexibility index (Phi) is 3.93. The van der Waals surface area contributed by atoms with Crippen molar-refractivity contribution in [1.29, 1.82) is 5.26 Å². The van der Waals surface area contributed by atoms with Crippen LogP contribution in [0.25, 0.3) is 0 Å². The summed E-state index contributed by atoms with van der Waals surface area (Å²) in [6, 6.07) is 2.00. The number of amides is 1. The number of carbonyl (C=O) groups is 1. The zero-order chi connectivity index (χ0) is 12.3. The van der Waals surface area contributed by atoms with Crippen LogP contribution in [-0.4, -0.2) is 47.4 Å². The van der Waals surface area contributed by atoms with Gasteiger partial charge in [-0.05, 0) is 27.7 Å². The van der Waals surface area contributed by atoms with Gasteiger partial charge in [0.05, 0.1) is 6.07 Å². The maximum absolute atomic E-state index is 11.8. The second-order valence-corrected chi connectivity index (χ2v) is 5.33. The number of rotatable bonds is 1. The molecular weight excluding hydrogens is 202 g/mol. The fraction of sp³-hybridized carbons (Fsp3) is 0.833. The van der Waals surface area contributed by atoms with E-state index in [9.17, 15) is 4.79 Å². The molecule has 1 unspecified atom stereocenters. The first-order valence-electron chi connectivity index (χ1n) is 5.79. The van der Waals surface area contributed by atoms with Crippen molar-refractivity contribution in [2.45, 2.75) is 33.2 Å². The lowest BCUT2D eigenvalue weighted by atomic mass is 10.0. The summed E-state index contributed by atoms with van der Waals surface area (Å²) < 4.78 is 0. The minimum absolute atomic E-state index is 0.0314. The van der Waals surface area contributed by atoms with E-state index >= 15 is 0 Å². The van der Waals surface area contributed by atoms with Crippen molar-refractivity contribution in [3.8, 4) is 6.07 Å². The highest BCUT2D eigenvalue weighted by atomic mass is 16.2. The molecule has 0 radical (unpaired) electrons. The van der Waals surface area contributed by atoms with E-state index in [1.165, 1.54) is 0 Å². The Hall–Kier alpha value is -1.08. The molecule has 1 fully saturated rings. The largest absolute Gasteiger partial charge is 0.339 e. The first-order chi connectivity index (χ1) is 7.36. The third-order valence-corrected chi connectivity index (χ3v) is 3.10. The number of hydrogen-bond acceptors (Lipinski definition) is 3. The van der Waals surface area contributed by atoms with E-state index in [2.05, 4.69) is 25.7 Å². The molecule has 0 aromatic carbocycles. The summed E-state index contributed by atoms with van der Waals surface area (Å²) in [7, 11) is 0. The molecule has 0 aliphatic carbocycles. The van der Waals surface area contributed by atoms with Gasteiger partial charge in [-0.2, -0.15) is 5.26 Å². The maximum atomic E-state index is 11.8. The van der Waals surface area contributed by atoms with Crippen LogP contribution in [0.15, 0.2) is 0 Å². The van der Waals surface area contributed by atoms with E-state index in [0.29, 0.717) is 0 Å². The molecule has 0 aromatic rings. The van der Waals surface area contributed by atoms with Crippen LogP contribution in [0, 0.1) is 17.2 Å². The Morgan fingerprint density at radius 1 is 1.25 bits per heavy atom. The normalized spacial score (nSPS) is 20.3. The lowest BCUT2D eigenvalue weighted by Crippen LogP contribution is -2.55. The van der Waals surface area contributed by atoms with Crippen molar-refractivity contribution < 1.29 is 4.79 Å². The standard InChI is InChI=1S/C12H21N3O/c1-10(9-13)11(16)14-5-7-15(8-6-14)12(2,3)4/h10H,5-8H2,1-4H3. The van der Waals surface area contributed by atoms with E-state index in [-0.39, 0.29) is 11.4 Å². The van der Waals surface area contributed by atoms with E-state index in [0.717, 1.165) is 26.2 Å². The molecule has 90 valence electrons. The predicted molar refractivity (Wildman–Crippen MR) is 62.7 cm³/mol. The summed E-state index contributed by atoms with van der Waals surface area (Å²) in [5.41, 5.74) is 0.163. The Morgan fingerprint density at radius 2 is 1.75 bits per heavy atom. The molecule has 4 heteroatoms. The molecule has 0 saturated carbocycles. The second-order valence-electron chi connectivity index (χ2n) is 5.33. The van der Waals surface area contributed by atoms with Gasteiger partial charge in [0, 0.05) is 31.7 Å². The van der Waals surface area contributed by atoms with E-state index in [4.69, 9.17) is 5.26 Å². The summed E-state index contributed by atoms with van der Waals surface area (Å²) in [6.07, 6.45) is 0. The predicted octanol–water partition coefficient (Wildman–Crippen LogP) is 1.09. The first-order valence-corrected chi connectivity index (χ1v) is 5.79. The highest BCUT2D eigenvalue weighted by molar-refractivity contribution is 5.80. The van der Waals surface area contributed by atoms with Crippen molar-refractivity contribution >= 4 is 5.91 Å². The Morgan fingerprint density at radius 3 is 2.12 bits per heavy atom. The van der Waals surface area contributed by atoms with Crippen LogP contribution in [0.3, 0.4) is 0 Å². The highest BCUT2D eigenvalue weighted by Crippen LogP contribution is 2.16. The van der Waals surface area contributed by atoms with Gasteiger partial charge in [-0.25, -0.2) is 0 Å². The second kappa shape index (κ2) is 4.84. The van der Waals surface area contributed by atoms with Crippen LogP contribution in [0.4, 0.5) is 0 Å². The van der Waals surface area contributed by atoms with E-state index in [1.54, 1.807) is 11.8 Å². The first kappa shape index (κ1) is 13.0. The van der Waals surface area contributed by atoms with Gasteiger partial charge < -0.3 is 4.90 Å². The number of nitriles is 1. The fourth-order valence-electron chi connectivity index (χ4n) is 1.93. The van der Waals surface area contributed by atoms with Crippen molar-refractivity contribution in [3.63, 3.8) is 0 Å². The van der Waals surface area contributed by atoms with Crippen molar-refractivity contribution in [2.75, 3.05) is 26.2 Å². The zero-order valence-corrected chi connectivity index (χ0v) is 10.7. The third kappa shape index (κ3) is 2.96. The molecule has 0 bridgehead atoms. The average molecular weight is 223 g/mol. The molecule has 0 spiro atoms. The van der Waals surface area contributed by atoms with Crippen LogP contribution >= 0.6 is 0 Å². The van der Waals surface area contributed by atoms with Crippen LogP contribution in [0.1, 0.15) is 27.7 Å². The van der Waals surface area contributed by atoms with E-state index < -0.39 is 5.92 Å². The van der Waals surface area contributed by atoms with Crippen LogP contribution in [0.2, 0.25) is 0 Å². The molecule has 1 saturated heterocycles. The van der Waals surface area contributed by atoms with E-state index in [1.807, 2.05) is 6.07 Å². The molecular formula is C12H21N3O. The Bertz CT molecular complexity index is 292. The highest BCUT2D eigenvalue weighted by Gasteiger charge is 2.29. The quantitative estimate of drug-likeness (QED) is 0.668. The lowest BCUT2D eigenvalue weighted by Gasteiger charge is -2.42. The van der Waals surface area contributed by atoms with Gasteiger partial charge in [0.25, 0.3) is 0 Å². The minimum Gasteiger partial charge on any atom is -0.339 e. The van der Waals surface area contributed by atoms with Gasteiger partial charge in [-0.1, -0.05) is 0 Å². The molecule has 16 heavy (non-hydrogen) atoms. The van der Waals surface area contributed by atoms with Gasteiger partial charge in [0.2, 0.25) is 5.91 Å². The summed E-state index contributed by atoms with van der Waals surface area (Å²) in [6.45, 7) is 11.5. The molecule has 1 atom stereocenters. The average Bonchev–Trinajstić information content (AvgIpc) is 2.26. The van der Waals surface area contributed by atoms with Gasteiger partial charge in [0.1, 0.15) is 5.92 Å². The van der Waals surface area contributed by atoms with Gasteiger partial charge in [-0.15, -0.1) is 0 Å². The summed E-state index contributed by atoms with van der Waals surface area (Å²) in [5, 5.41) is 8.71. The molecule has 1 amide bonds. The number of carbonyl (C=O) groups excluding carboxylic acids is 1. The van der Waals surface area contributed by atoms with Crippen LogP contribution in [-0.2, 0) is 4.79 Å². The summed E-state index contributed by atoms with van der Waals surface area (Å²) in [5.74, 6) is -0.544. The lowest BCUT2D eigenvalue weighted by molar-refractivity contribution is -0.135. The van der Waals surface area contributed by atoms with Crippen molar-refractivity contribution in [2.24, 2.45) is 5.92 Å². The van der Waals surface area contributed by atoms with Crippen molar-refractivity contribution in [3.05, 3.63) is 0 Å². The van der Waals surface area contributed by atoms with Crippen LogP contribution in [0.5, 0.6) is 0 Å².